The number of fused-ring (bicyclic) bond motifs is 5. The van der Waals surface area contributed by atoms with E-state index in [4.69, 9.17) is 0 Å². The standard InChI is InChI=1S/C44H34/c1-29-25-26-39-41(27-29)44(32-16-6-4-7-17-32,33-18-8-5-9-19-33)42-28-40(37-21-12-13-22-38(37)43(39)42)36-24-14-23-35(31(36)3)34-20-11-10-15-30(34)2/h4-28H,1-3H3. The Hall–Kier alpha value is -5.20. The van der Waals surface area contributed by atoms with E-state index in [2.05, 4.69) is 172 Å². The molecule has 210 valence electrons. The van der Waals surface area contributed by atoms with Crippen LogP contribution in [0.25, 0.3) is 44.2 Å². The maximum absolute atomic E-state index is 2.52. The molecule has 0 N–H and O–H groups in total. The third-order valence-corrected chi connectivity index (χ3v) is 9.77. The fourth-order valence-electron chi connectivity index (χ4n) is 7.77. The van der Waals surface area contributed by atoms with Crippen molar-refractivity contribution in [3.8, 4) is 33.4 Å². The molecule has 0 fully saturated rings. The van der Waals surface area contributed by atoms with Crippen LogP contribution in [0.3, 0.4) is 0 Å². The lowest BCUT2D eigenvalue weighted by atomic mass is 9.67. The molecule has 0 saturated heterocycles. The van der Waals surface area contributed by atoms with Gasteiger partial charge in [-0.15, -0.1) is 0 Å². The molecular formula is C44H34. The highest BCUT2D eigenvalue weighted by Crippen LogP contribution is 2.59. The molecule has 0 bridgehead atoms. The molecule has 0 saturated carbocycles. The Morgan fingerprint density at radius 2 is 0.955 bits per heavy atom. The first-order valence-corrected chi connectivity index (χ1v) is 15.5. The van der Waals surface area contributed by atoms with Gasteiger partial charge < -0.3 is 0 Å². The maximum Gasteiger partial charge on any atom is 0.0714 e. The Labute approximate surface area is 260 Å². The summed E-state index contributed by atoms with van der Waals surface area (Å²) in [5.74, 6) is 0. The summed E-state index contributed by atoms with van der Waals surface area (Å²) >= 11 is 0. The van der Waals surface area contributed by atoms with E-state index in [1.165, 1.54) is 83.1 Å². The smallest absolute Gasteiger partial charge is 0.0622 e. The molecule has 0 aromatic heterocycles. The van der Waals surface area contributed by atoms with Crippen LogP contribution >= 0.6 is 0 Å². The third kappa shape index (κ3) is 3.77. The van der Waals surface area contributed by atoms with E-state index in [9.17, 15) is 0 Å². The lowest BCUT2D eigenvalue weighted by molar-refractivity contribution is 0.768. The molecule has 0 aliphatic heterocycles. The zero-order valence-electron chi connectivity index (χ0n) is 25.4. The van der Waals surface area contributed by atoms with E-state index in [1.54, 1.807) is 0 Å². The van der Waals surface area contributed by atoms with Crippen LogP contribution in [-0.4, -0.2) is 0 Å². The summed E-state index contributed by atoms with van der Waals surface area (Å²) in [5, 5.41) is 2.60. The molecule has 0 radical (unpaired) electrons. The molecule has 0 unspecified atom stereocenters. The average Bonchev–Trinajstić information content (AvgIpc) is 3.36. The largest absolute Gasteiger partial charge is 0.0714 e. The Balaban J connectivity index is 1.53. The molecule has 1 aliphatic carbocycles. The van der Waals surface area contributed by atoms with Crippen LogP contribution in [0.2, 0.25) is 0 Å². The third-order valence-electron chi connectivity index (χ3n) is 9.77. The van der Waals surface area contributed by atoms with Crippen LogP contribution in [0.15, 0.2) is 152 Å². The quantitative estimate of drug-likeness (QED) is 0.200. The molecule has 44 heavy (non-hydrogen) atoms. The normalized spacial score (nSPS) is 13.1. The van der Waals surface area contributed by atoms with E-state index < -0.39 is 5.41 Å². The Morgan fingerprint density at radius 3 is 1.64 bits per heavy atom. The van der Waals surface area contributed by atoms with Crippen LogP contribution < -0.4 is 0 Å². The van der Waals surface area contributed by atoms with E-state index >= 15 is 0 Å². The topological polar surface area (TPSA) is 0 Å². The molecular weight excluding hydrogens is 528 g/mol. The van der Waals surface area contributed by atoms with Gasteiger partial charge in [0.05, 0.1) is 5.41 Å². The minimum Gasteiger partial charge on any atom is -0.0622 e. The van der Waals surface area contributed by atoms with E-state index in [0.717, 1.165) is 0 Å². The molecule has 0 nitrogen and oxygen atoms in total. The number of rotatable bonds is 4. The van der Waals surface area contributed by atoms with Gasteiger partial charge in [0.15, 0.2) is 0 Å². The molecule has 0 heteroatoms. The van der Waals surface area contributed by atoms with Crippen LogP contribution in [0.5, 0.6) is 0 Å². The van der Waals surface area contributed by atoms with E-state index in [0.29, 0.717) is 0 Å². The molecule has 0 spiro atoms. The first-order chi connectivity index (χ1) is 21.6. The van der Waals surface area contributed by atoms with Crippen LogP contribution in [0.1, 0.15) is 38.9 Å². The second kappa shape index (κ2) is 10.2. The first kappa shape index (κ1) is 26.4. The highest BCUT2D eigenvalue weighted by atomic mass is 14.5. The SMILES string of the molecule is Cc1ccc2c(c1)C(c1ccccc1)(c1ccccc1)c1cc(-c3cccc(-c4ccccc4C)c3C)c3ccccc3c1-2. The van der Waals surface area contributed by atoms with Crippen molar-refractivity contribution in [2.75, 3.05) is 0 Å². The van der Waals surface area contributed by atoms with Crippen molar-refractivity contribution in [1.29, 1.82) is 0 Å². The summed E-state index contributed by atoms with van der Waals surface area (Å²) in [5.41, 5.74) is 16.6. The average molecular weight is 563 g/mol. The minimum absolute atomic E-state index is 0.445. The summed E-state index contributed by atoms with van der Waals surface area (Å²) in [6, 6.07) is 56.4. The predicted octanol–water partition coefficient (Wildman–Crippen LogP) is 11.5. The van der Waals surface area contributed by atoms with Crippen molar-refractivity contribution < 1.29 is 0 Å². The van der Waals surface area contributed by atoms with Gasteiger partial charge in [-0.1, -0.05) is 151 Å². The molecule has 0 atom stereocenters. The number of benzene rings is 7. The molecule has 7 aromatic rings. The van der Waals surface area contributed by atoms with E-state index in [-0.39, 0.29) is 0 Å². The van der Waals surface area contributed by atoms with Crippen LogP contribution in [-0.2, 0) is 5.41 Å². The fourth-order valence-corrected chi connectivity index (χ4v) is 7.77. The zero-order valence-corrected chi connectivity index (χ0v) is 25.4. The summed E-state index contributed by atoms with van der Waals surface area (Å²) < 4.78 is 0. The van der Waals surface area contributed by atoms with Crippen molar-refractivity contribution in [1.82, 2.24) is 0 Å². The fraction of sp³-hybridized carbons (Fsp3) is 0.0909. The molecule has 7 aromatic carbocycles. The second-order valence-electron chi connectivity index (χ2n) is 12.2. The highest BCUT2D eigenvalue weighted by Gasteiger charge is 2.47. The zero-order chi connectivity index (χ0) is 29.8. The van der Waals surface area contributed by atoms with Gasteiger partial charge in [-0.05, 0) is 104 Å². The van der Waals surface area contributed by atoms with Crippen LogP contribution in [0, 0.1) is 20.8 Å². The second-order valence-corrected chi connectivity index (χ2v) is 12.2. The van der Waals surface area contributed by atoms with Crippen molar-refractivity contribution >= 4 is 10.8 Å². The van der Waals surface area contributed by atoms with Crippen molar-refractivity contribution in [3.63, 3.8) is 0 Å². The van der Waals surface area contributed by atoms with Crippen molar-refractivity contribution in [2.24, 2.45) is 0 Å². The number of hydrogen-bond acceptors (Lipinski definition) is 0. The van der Waals surface area contributed by atoms with Gasteiger partial charge in [0.2, 0.25) is 0 Å². The van der Waals surface area contributed by atoms with Gasteiger partial charge in [-0.3, -0.25) is 0 Å². The van der Waals surface area contributed by atoms with Gasteiger partial charge >= 0.3 is 0 Å². The van der Waals surface area contributed by atoms with Gasteiger partial charge in [0.1, 0.15) is 0 Å². The summed E-state index contributed by atoms with van der Waals surface area (Å²) in [4.78, 5) is 0. The predicted molar refractivity (Wildman–Crippen MR) is 186 cm³/mol. The summed E-state index contributed by atoms with van der Waals surface area (Å²) in [6.07, 6.45) is 0. The highest BCUT2D eigenvalue weighted by molar-refractivity contribution is 6.10. The van der Waals surface area contributed by atoms with Crippen molar-refractivity contribution in [2.45, 2.75) is 26.2 Å². The number of hydrogen-bond donors (Lipinski definition) is 0. The molecule has 0 heterocycles. The Kier molecular flexibility index (Phi) is 6.13. The lowest BCUT2D eigenvalue weighted by Gasteiger charge is -2.34. The Bertz CT molecular complexity index is 2150. The molecule has 1 aliphatic rings. The van der Waals surface area contributed by atoms with Crippen LogP contribution in [0.4, 0.5) is 0 Å². The lowest BCUT2D eigenvalue weighted by Crippen LogP contribution is -2.28. The molecule has 0 amide bonds. The summed E-state index contributed by atoms with van der Waals surface area (Å²) in [7, 11) is 0. The van der Waals surface area contributed by atoms with Gasteiger partial charge in [-0.25, -0.2) is 0 Å². The van der Waals surface area contributed by atoms with E-state index in [1.807, 2.05) is 0 Å². The molecule has 8 rings (SSSR count). The minimum atomic E-state index is -0.445. The summed E-state index contributed by atoms with van der Waals surface area (Å²) in [6.45, 7) is 6.71. The van der Waals surface area contributed by atoms with Gasteiger partial charge in [0, 0.05) is 0 Å². The van der Waals surface area contributed by atoms with Crippen molar-refractivity contribution in [3.05, 3.63) is 191 Å². The van der Waals surface area contributed by atoms with Gasteiger partial charge in [-0.2, -0.15) is 0 Å². The Morgan fingerprint density at radius 1 is 0.386 bits per heavy atom. The van der Waals surface area contributed by atoms with Gasteiger partial charge in [0.25, 0.3) is 0 Å². The maximum atomic E-state index is 2.52. The first-order valence-electron chi connectivity index (χ1n) is 15.5. The monoisotopic (exact) mass is 562 g/mol. The number of aryl methyl sites for hydroxylation is 2.